The van der Waals surface area contributed by atoms with Crippen LogP contribution in [-0.2, 0) is 19.1 Å². The number of hydrogen-bond donors (Lipinski definition) is 2. The predicted molar refractivity (Wildman–Crippen MR) is 261 cm³/mol. The quantitative estimate of drug-likeness (QED) is 0.0524. The number of fused-ring (bicyclic) bond motifs is 8. The molecule has 0 saturated carbocycles. The highest BCUT2D eigenvalue weighted by atomic mass is 16.5. The van der Waals surface area contributed by atoms with E-state index in [1.807, 2.05) is 51.1 Å². The van der Waals surface area contributed by atoms with Gasteiger partial charge in [0, 0.05) is 57.6 Å². The number of carbonyl (C=O) groups is 4. The first kappa shape index (κ1) is 49.3. The summed E-state index contributed by atoms with van der Waals surface area (Å²) in [4.78, 5) is 72.0. The molecule has 6 atom stereocenters. The summed E-state index contributed by atoms with van der Waals surface area (Å²) in [5.41, 5.74) is 10.7. The molecule has 10 nitrogen and oxygen atoms in total. The molecule has 6 rings (SSSR count). The predicted octanol–water partition coefficient (Wildman–Crippen LogP) is 13.4. The van der Waals surface area contributed by atoms with E-state index in [4.69, 9.17) is 19.4 Å². The molecule has 2 aliphatic heterocycles. The van der Waals surface area contributed by atoms with Gasteiger partial charge >= 0.3 is 11.9 Å². The number of aryl methyl sites for hydroxylation is 2. The lowest BCUT2D eigenvalue weighted by Crippen LogP contribution is -2.21. The molecule has 0 fully saturated rings. The first-order chi connectivity index (χ1) is 30.9. The van der Waals surface area contributed by atoms with Gasteiger partial charge in [0.1, 0.15) is 12.5 Å². The molecule has 0 spiro atoms. The fourth-order valence-electron chi connectivity index (χ4n) is 10.4. The van der Waals surface area contributed by atoms with Gasteiger partial charge in [-0.3, -0.25) is 29.1 Å². The molecule has 0 amide bonds. The van der Waals surface area contributed by atoms with Crippen LogP contribution in [0.3, 0.4) is 0 Å². The monoisotopic (exact) mass is 887 g/mol. The summed E-state index contributed by atoms with van der Waals surface area (Å²) in [6, 6.07) is 5.87. The zero-order chi connectivity index (χ0) is 47.3. The minimum Gasteiger partial charge on any atom is -0.468 e. The van der Waals surface area contributed by atoms with Crippen LogP contribution in [0.15, 0.2) is 35.9 Å². The Morgan fingerprint density at radius 3 is 2.11 bits per heavy atom. The summed E-state index contributed by atoms with van der Waals surface area (Å²) in [6.45, 7) is 23.2. The molecule has 0 aromatic carbocycles. The number of carbonyl (C=O) groups excluding carboxylic acids is 4. The van der Waals surface area contributed by atoms with Crippen LogP contribution in [-0.4, -0.2) is 57.2 Å². The molecule has 10 heteroatoms. The van der Waals surface area contributed by atoms with E-state index in [1.54, 1.807) is 6.92 Å². The number of esters is 2. The maximum atomic E-state index is 14.4. The molecule has 3 aromatic heterocycles. The second kappa shape index (κ2) is 21.5. The van der Waals surface area contributed by atoms with Crippen molar-refractivity contribution in [3.05, 3.63) is 86.5 Å². The van der Waals surface area contributed by atoms with Gasteiger partial charge in [0.15, 0.2) is 11.6 Å². The van der Waals surface area contributed by atoms with Crippen molar-refractivity contribution in [3.63, 3.8) is 0 Å². The molecule has 8 bridgehead atoms. The molecule has 3 aromatic rings. The van der Waals surface area contributed by atoms with E-state index in [2.05, 4.69) is 58.4 Å². The fourth-order valence-corrected chi connectivity index (χ4v) is 10.4. The SMILES string of the molecule is CC=C1c2cc3[nH]c4c(c3C)C(=O)[C@H](C(=O)OC)c4c3nc(cc4[nH]c(cc(n2)[C@@H]1C)c(C(C)=O)c4C)[C@@H](C)[C@@H]3CCC(=O)OC/C=C(\C)CCC[C@H](C)CCC[C@H](C)CCCC(C)C. The van der Waals surface area contributed by atoms with E-state index in [0.29, 0.717) is 62.5 Å². The molecule has 2 N–H and O–H groups in total. The van der Waals surface area contributed by atoms with E-state index < -0.39 is 11.9 Å². The Kier molecular flexibility index (Phi) is 16.3. The minimum absolute atomic E-state index is 0.0485. The number of rotatable bonds is 19. The zero-order valence-electron chi connectivity index (χ0n) is 41.3. The van der Waals surface area contributed by atoms with Gasteiger partial charge in [-0.1, -0.05) is 98.1 Å². The van der Waals surface area contributed by atoms with Crippen LogP contribution >= 0.6 is 0 Å². The maximum absolute atomic E-state index is 14.4. The Hall–Kier alpha value is -5.12. The van der Waals surface area contributed by atoms with Crippen molar-refractivity contribution >= 4 is 51.1 Å². The molecular formula is C55H74N4O6. The van der Waals surface area contributed by atoms with Crippen LogP contribution in [0.25, 0.3) is 27.6 Å². The summed E-state index contributed by atoms with van der Waals surface area (Å²) >= 11 is 0. The molecule has 3 aliphatic rings. The Bertz CT molecular complexity index is 2520. The summed E-state index contributed by atoms with van der Waals surface area (Å²) in [7, 11) is 1.29. The van der Waals surface area contributed by atoms with Gasteiger partial charge in [-0.2, -0.15) is 0 Å². The number of H-pyrrole nitrogens is 2. The third-order valence-corrected chi connectivity index (χ3v) is 14.5. The van der Waals surface area contributed by atoms with Gasteiger partial charge in [-0.05, 0) is 113 Å². The molecular weight excluding hydrogens is 813 g/mol. The van der Waals surface area contributed by atoms with Crippen LogP contribution in [0.1, 0.15) is 217 Å². The lowest BCUT2D eigenvalue weighted by atomic mass is 9.84. The highest BCUT2D eigenvalue weighted by molar-refractivity contribution is 6.23. The number of Topliss-reactive ketones (excluding diaryl/α,β-unsaturated/α-hetero) is 2. The first-order valence-corrected chi connectivity index (χ1v) is 24.3. The Morgan fingerprint density at radius 1 is 0.815 bits per heavy atom. The number of nitrogens with one attached hydrogen (secondary N) is 2. The van der Waals surface area contributed by atoms with Crippen molar-refractivity contribution in [1.82, 2.24) is 19.9 Å². The second-order valence-electron chi connectivity index (χ2n) is 19.9. The normalized spacial score (nSPS) is 19.9. The molecule has 0 saturated heterocycles. The first-order valence-electron chi connectivity index (χ1n) is 24.3. The van der Waals surface area contributed by atoms with E-state index in [0.717, 1.165) is 52.7 Å². The van der Waals surface area contributed by atoms with Crippen molar-refractivity contribution in [1.29, 1.82) is 0 Å². The highest BCUT2D eigenvalue weighted by Gasteiger charge is 2.45. The van der Waals surface area contributed by atoms with Crippen molar-refractivity contribution < 1.29 is 28.7 Å². The molecule has 5 heterocycles. The van der Waals surface area contributed by atoms with E-state index >= 15 is 0 Å². The van der Waals surface area contributed by atoms with Crippen LogP contribution in [0.5, 0.6) is 0 Å². The van der Waals surface area contributed by atoms with Gasteiger partial charge in [0.05, 0.1) is 35.2 Å². The van der Waals surface area contributed by atoms with Gasteiger partial charge in [-0.25, -0.2) is 0 Å². The zero-order valence-corrected chi connectivity index (χ0v) is 41.3. The Balaban J connectivity index is 1.25. The number of ketones is 2. The van der Waals surface area contributed by atoms with Gasteiger partial charge < -0.3 is 19.4 Å². The average Bonchev–Trinajstić information content (AvgIpc) is 4.00. The summed E-state index contributed by atoms with van der Waals surface area (Å²) in [5.74, 6) is -0.905. The van der Waals surface area contributed by atoms with E-state index in [9.17, 15) is 19.2 Å². The maximum Gasteiger partial charge on any atom is 0.321 e. The van der Waals surface area contributed by atoms with E-state index in [1.165, 1.54) is 57.6 Å². The Morgan fingerprint density at radius 2 is 1.46 bits per heavy atom. The lowest BCUT2D eigenvalue weighted by Gasteiger charge is -2.18. The average molecular weight is 887 g/mol. The van der Waals surface area contributed by atoms with Crippen molar-refractivity contribution in [2.75, 3.05) is 13.7 Å². The summed E-state index contributed by atoms with van der Waals surface area (Å²) in [6.07, 6.45) is 15.8. The summed E-state index contributed by atoms with van der Waals surface area (Å²) < 4.78 is 11.1. The van der Waals surface area contributed by atoms with Crippen LogP contribution < -0.4 is 0 Å². The Labute approximate surface area is 386 Å². The largest absolute Gasteiger partial charge is 0.468 e. The van der Waals surface area contributed by atoms with Crippen molar-refractivity contribution in [2.24, 2.45) is 17.8 Å². The number of aromatic nitrogens is 4. The topological polar surface area (TPSA) is 144 Å². The van der Waals surface area contributed by atoms with Gasteiger partial charge in [-0.15, -0.1) is 0 Å². The fraction of sp³-hybridized carbons (Fsp3) is 0.564. The highest BCUT2D eigenvalue weighted by Crippen LogP contribution is 2.48. The molecule has 65 heavy (non-hydrogen) atoms. The number of hydrogen-bond acceptors (Lipinski definition) is 8. The van der Waals surface area contributed by atoms with Crippen molar-refractivity contribution in [3.8, 4) is 0 Å². The lowest BCUT2D eigenvalue weighted by molar-refractivity contribution is -0.143. The summed E-state index contributed by atoms with van der Waals surface area (Å²) in [5, 5.41) is 0. The second-order valence-corrected chi connectivity index (χ2v) is 19.9. The van der Waals surface area contributed by atoms with Gasteiger partial charge in [0.25, 0.3) is 0 Å². The van der Waals surface area contributed by atoms with Gasteiger partial charge in [0.2, 0.25) is 0 Å². The number of methoxy groups -OCH3 is 1. The molecule has 350 valence electrons. The van der Waals surface area contributed by atoms with E-state index in [-0.39, 0.29) is 48.3 Å². The number of allylic oxidation sites excluding steroid dienone is 3. The standard InChI is InChI=1S/C55H74N4O6/c1-13-39-34(7)41-29-46-48(38(11)60)36(9)43(57-46)27-42-35(8)40(52(58-42)50-51(55(63)64-12)54(62)49-37(10)44(59-53(49)50)28-45(39)56-41)23-24-47(61)65-26-25-33(6)22-16-21-32(5)20-15-19-31(4)18-14-17-30(2)3/h13,25,27-32,34-35,40,51,57,59H,14-24,26H2,1-12H3/b33-25+,39-13?,41-29?,42-27?,43-27?,44-28?,45-28?,46-29?,52-50?/t31-,32-,34-,35+,40+,51-/m1/s1. The number of aromatic amines is 2. The number of ether oxygens (including phenoxy) is 2. The van der Waals surface area contributed by atoms with Crippen LogP contribution in [0.2, 0.25) is 0 Å². The van der Waals surface area contributed by atoms with Crippen molar-refractivity contribution in [2.45, 2.75) is 170 Å². The minimum atomic E-state index is -1.22. The van der Waals surface area contributed by atoms with Crippen LogP contribution in [0.4, 0.5) is 0 Å². The third-order valence-electron chi connectivity index (χ3n) is 14.5. The number of nitrogens with zero attached hydrogens (tertiary/aromatic N) is 2. The molecule has 0 radical (unpaired) electrons. The smallest absolute Gasteiger partial charge is 0.321 e. The third kappa shape index (κ3) is 11.0. The molecule has 0 unspecified atom stereocenters. The molecule has 1 aliphatic carbocycles. The van der Waals surface area contributed by atoms with Crippen LogP contribution in [0, 0.1) is 31.6 Å².